The third-order valence-corrected chi connectivity index (χ3v) is 2.53. The monoisotopic (exact) mass is 220 g/mol. The average molecular weight is 220 g/mol. The molecule has 0 aliphatic heterocycles. The summed E-state index contributed by atoms with van der Waals surface area (Å²) < 4.78 is 1.74. The molecular weight excluding hydrogens is 204 g/mol. The third-order valence-electron chi connectivity index (χ3n) is 2.53. The van der Waals surface area contributed by atoms with Crippen LogP contribution in [-0.2, 0) is 0 Å². The van der Waals surface area contributed by atoms with E-state index in [0.29, 0.717) is 5.95 Å². The maximum Gasteiger partial charge on any atom is 0.243 e. The lowest BCUT2D eigenvalue weighted by atomic mass is 10.2. The van der Waals surface area contributed by atoms with Gasteiger partial charge in [0.05, 0.1) is 12.6 Å². The fourth-order valence-corrected chi connectivity index (χ4v) is 1.51. The van der Waals surface area contributed by atoms with Gasteiger partial charge in [-0.05, 0) is 25.0 Å². The molecule has 0 fully saturated rings. The zero-order valence-electron chi connectivity index (χ0n) is 9.51. The van der Waals surface area contributed by atoms with Crippen LogP contribution in [0.1, 0.15) is 18.9 Å². The standard InChI is InChI=1S/C11H16N4O/c1-3-9(7-16)12-11-13-10-5-4-8(2)6-15(10)14-11/h4-6,9,16H,3,7H2,1-2H3,(H,12,14). The summed E-state index contributed by atoms with van der Waals surface area (Å²) in [5.41, 5.74) is 1.94. The van der Waals surface area contributed by atoms with Gasteiger partial charge in [0.15, 0.2) is 5.65 Å². The number of hydrogen-bond acceptors (Lipinski definition) is 4. The molecule has 16 heavy (non-hydrogen) atoms. The number of aliphatic hydroxyl groups excluding tert-OH is 1. The first-order valence-electron chi connectivity index (χ1n) is 5.43. The molecule has 2 heterocycles. The highest BCUT2D eigenvalue weighted by atomic mass is 16.3. The third kappa shape index (κ3) is 2.14. The first kappa shape index (κ1) is 10.9. The Morgan fingerprint density at radius 1 is 1.50 bits per heavy atom. The average Bonchev–Trinajstić information content (AvgIpc) is 2.67. The van der Waals surface area contributed by atoms with Crippen LogP contribution in [0.25, 0.3) is 5.65 Å². The van der Waals surface area contributed by atoms with Crippen LogP contribution in [0, 0.1) is 6.92 Å². The number of rotatable bonds is 4. The van der Waals surface area contributed by atoms with Crippen LogP contribution in [-0.4, -0.2) is 32.4 Å². The van der Waals surface area contributed by atoms with Gasteiger partial charge in [-0.3, -0.25) is 0 Å². The lowest BCUT2D eigenvalue weighted by Gasteiger charge is -2.11. The summed E-state index contributed by atoms with van der Waals surface area (Å²) in [5, 5.41) is 16.5. The molecule has 5 heteroatoms. The highest BCUT2D eigenvalue weighted by Gasteiger charge is 2.08. The van der Waals surface area contributed by atoms with Crippen LogP contribution in [0.5, 0.6) is 0 Å². The molecule has 0 aliphatic rings. The Bertz CT molecular complexity index is 476. The summed E-state index contributed by atoms with van der Waals surface area (Å²) in [7, 11) is 0. The molecule has 2 aromatic heterocycles. The summed E-state index contributed by atoms with van der Waals surface area (Å²) >= 11 is 0. The molecule has 5 nitrogen and oxygen atoms in total. The minimum Gasteiger partial charge on any atom is -0.394 e. The normalized spacial score (nSPS) is 12.9. The summed E-state index contributed by atoms with van der Waals surface area (Å²) in [4.78, 5) is 4.32. The van der Waals surface area contributed by atoms with Gasteiger partial charge in [0.1, 0.15) is 0 Å². The summed E-state index contributed by atoms with van der Waals surface area (Å²) in [6.45, 7) is 4.11. The Hall–Kier alpha value is -1.62. The molecule has 1 unspecified atom stereocenters. The molecule has 2 rings (SSSR count). The number of nitrogens with one attached hydrogen (secondary N) is 1. The van der Waals surface area contributed by atoms with E-state index in [1.165, 1.54) is 0 Å². The van der Waals surface area contributed by atoms with E-state index < -0.39 is 0 Å². The van der Waals surface area contributed by atoms with E-state index in [0.717, 1.165) is 17.6 Å². The van der Waals surface area contributed by atoms with E-state index in [9.17, 15) is 0 Å². The molecule has 0 radical (unpaired) electrons. The van der Waals surface area contributed by atoms with E-state index in [4.69, 9.17) is 5.11 Å². The minimum atomic E-state index is 0.0125. The van der Waals surface area contributed by atoms with Gasteiger partial charge in [-0.25, -0.2) is 4.52 Å². The molecular formula is C11H16N4O. The maximum absolute atomic E-state index is 9.08. The van der Waals surface area contributed by atoms with E-state index in [1.807, 2.05) is 32.2 Å². The molecule has 0 saturated carbocycles. The van der Waals surface area contributed by atoms with Gasteiger partial charge in [-0.15, -0.1) is 5.10 Å². The molecule has 86 valence electrons. The number of pyridine rings is 1. The number of anilines is 1. The van der Waals surface area contributed by atoms with Gasteiger partial charge < -0.3 is 10.4 Å². The zero-order valence-corrected chi connectivity index (χ0v) is 9.51. The van der Waals surface area contributed by atoms with Crippen LogP contribution in [0.3, 0.4) is 0 Å². The Kier molecular flexibility index (Phi) is 3.05. The Morgan fingerprint density at radius 2 is 2.31 bits per heavy atom. The van der Waals surface area contributed by atoms with Crippen LogP contribution in [0.4, 0.5) is 5.95 Å². The summed E-state index contributed by atoms with van der Waals surface area (Å²) in [6, 6.07) is 3.93. The van der Waals surface area contributed by atoms with Crippen molar-refractivity contribution in [3.63, 3.8) is 0 Å². The Labute approximate surface area is 94.1 Å². The smallest absolute Gasteiger partial charge is 0.243 e. The van der Waals surface area contributed by atoms with Crippen molar-refractivity contribution >= 4 is 11.6 Å². The first-order valence-corrected chi connectivity index (χ1v) is 5.43. The fourth-order valence-electron chi connectivity index (χ4n) is 1.51. The SMILES string of the molecule is CCC(CO)Nc1nc2ccc(C)cn2n1. The number of aliphatic hydroxyl groups is 1. The topological polar surface area (TPSA) is 62.5 Å². The number of nitrogens with zero attached hydrogens (tertiary/aromatic N) is 3. The Morgan fingerprint density at radius 3 is 3.00 bits per heavy atom. The van der Waals surface area contributed by atoms with Crippen molar-refractivity contribution in [1.82, 2.24) is 14.6 Å². The second kappa shape index (κ2) is 4.49. The van der Waals surface area contributed by atoms with Crippen LogP contribution in [0.2, 0.25) is 0 Å². The van der Waals surface area contributed by atoms with Crippen molar-refractivity contribution in [2.45, 2.75) is 26.3 Å². The first-order chi connectivity index (χ1) is 7.72. The Balaban J connectivity index is 2.25. The van der Waals surface area contributed by atoms with Crippen LogP contribution in [0.15, 0.2) is 18.3 Å². The van der Waals surface area contributed by atoms with E-state index >= 15 is 0 Å². The van der Waals surface area contributed by atoms with Crippen molar-refractivity contribution in [3.8, 4) is 0 Å². The predicted octanol–water partition coefficient (Wildman–Crippen LogP) is 1.22. The molecule has 1 atom stereocenters. The van der Waals surface area contributed by atoms with Gasteiger partial charge in [0.2, 0.25) is 5.95 Å². The van der Waals surface area contributed by atoms with Crippen molar-refractivity contribution in [2.24, 2.45) is 0 Å². The molecule has 0 amide bonds. The van der Waals surface area contributed by atoms with E-state index in [-0.39, 0.29) is 12.6 Å². The molecule has 0 aromatic carbocycles. The van der Waals surface area contributed by atoms with Gasteiger partial charge in [-0.2, -0.15) is 4.98 Å². The number of aryl methyl sites for hydroxylation is 1. The minimum absolute atomic E-state index is 0.0125. The largest absolute Gasteiger partial charge is 0.394 e. The van der Waals surface area contributed by atoms with Crippen molar-refractivity contribution in [3.05, 3.63) is 23.9 Å². The van der Waals surface area contributed by atoms with Crippen molar-refractivity contribution in [2.75, 3.05) is 11.9 Å². The maximum atomic E-state index is 9.08. The quantitative estimate of drug-likeness (QED) is 0.813. The molecule has 0 bridgehead atoms. The lowest BCUT2D eigenvalue weighted by molar-refractivity contribution is 0.271. The number of aromatic nitrogens is 3. The molecule has 0 spiro atoms. The highest BCUT2D eigenvalue weighted by Crippen LogP contribution is 2.08. The summed E-state index contributed by atoms with van der Waals surface area (Å²) in [5.74, 6) is 0.562. The molecule has 0 saturated heterocycles. The van der Waals surface area contributed by atoms with Gasteiger partial charge in [0.25, 0.3) is 0 Å². The highest BCUT2D eigenvalue weighted by molar-refractivity contribution is 5.44. The van der Waals surface area contributed by atoms with Crippen molar-refractivity contribution in [1.29, 1.82) is 0 Å². The molecule has 2 aromatic rings. The predicted molar refractivity (Wildman–Crippen MR) is 62.5 cm³/mol. The summed E-state index contributed by atoms with van der Waals surface area (Å²) in [6.07, 6.45) is 2.76. The number of fused-ring (bicyclic) bond motifs is 1. The van der Waals surface area contributed by atoms with E-state index in [2.05, 4.69) is 15.4 Å². The molecule has 2 N–H and O–H groups in total. The van der Waals surface area contributed by atoms with Crippen LogP contribution < -0.4 is 5.32 Å². The second-order valence-electron chi connectivity index (χ2n) is 3.88. The van der Waals surface area contributed by atoms with Gasteiger partial charge in [-0.1, -0.05) is 13.0 Å². The fraction of sp³-hybridized carbons (Fsp3) is 0.455. The zero-order chi connectivity index (χ0) is 11.5. The lowest BCUT2D eigenvalue weighted by Crippen LogP contribution is -2.23. The number of hydrogen-bond donors (Lipinski definition) is 2. The van der Waals surface area contributed by atoms with Gasteiger partial charge in [0, 0.05) is 6.20 Å². The second-order valence-corrected chi connectivity index (χ2v) is 3.88. The van der Waals surface area contributed by atoms with E-state index in [1.54, 1.807) is 4.52 Å². The van der Waals surface area contributed by atoms with Crippen LogP contribution >= 0.6 is 0 Å². The van der Waals surface area contributed by atoms with Gasteiger partial charge >= 0.3 is 0 Å². The molecule has 0 aliphatic carbocycles. The van der Waals surface area contributed by atoms with Crippen molar-refractivity contribution < 1.29 is 5.11 Å².